The summed E-state index contributed by atoms with van der Waals surface area (Å²) in [4.78, 5) is 25.2. The summed E-state index contributed by atoms with van der Waals surface area (Å²) in [6, 6.07) is 7.87. The van der Waals surface area contributed by atoms with Gasteiger partial charge in [-0.3, -0.25) is 4.79 Å². The summed E-state index contributed by atoms with van der Waals surface area (Å²) < 4.78 is 23.8. The number of hydrogen-bond acceptors (Lipinski definition) is 4. The Morgan fingerprint density at radius 2 is 1.96 bits per heavy atom. The highest BCUT2D eigenvalue weighted by molar-refractivity contribution is 5.94. The molecule has 25 heavy (non-hydrogen) atoms. The molecule has 3 rings (SSSR count). The van der Waals surface area contributed by atoms with E-state index in [0.717, 1.165) is 12.8 Å². The van der Waals surface area contributed by atoms with Gasteiger partial charge in [-0.15, -0.1) is 0 Å². The molecule has 1 saturated heterocycles. The fourth-order valence-electron chi connectivity index (χ4n) is 2.83. The van der Waals surface area contributed by atoms with Crippen LogP contribution in [0.4, 0.5) is 4.39 Å². The van der Waals surface area contributed by atoms with Crippen LogP contribution < -0.4 is 4.74 Å². The number of likely N-dealkylation sites (tertiary alicyclic amines) is 1. The van der Waals surface area contributed by atoms with Crippen molar-refractivity contribution < 1.29 is 28.2 Å². The zero-order chi connectivity index (χ0) is 17.8. The van der Waals surface area contributed by atoms with E-state index in [9.17, 15) is 19.1 Å². The Balaban J connectivity index is 1.64. The average Bonchev–Trinajstić information content (AvgIpc) is 3.09. The van der Waals surface area contributed by atoms with Gasteiger partial charge in [-0.2, -0.15) is 0 Å². The molecule has 0 spiro atoms. The Bertz CT molecular complexity index is 755. The third-order valence-corrected chi connectivity index (χ3v) is 4.12. The second-order valence-corrected chi connectivity index (χ2v) is 5.86. The molecular weight excluding hydrogens is 329 g/mol. The number of rotatable bonds is 5. The van der Waals surface area contributed by atoms with Crippen LogP contribution in [0.5, 0.6) is 5.75 Å². The summed E-state index contributed by atoms with van der Waals surface area (Å²) >= 11 is 0. The van der Waals surface area contributed by atoms with Gasteiger partial charge < -0.3 is 19.2 Å². The van der Waals surface area contributed by atoms with Crippen LogP contribution in [0, 0.1) is 5.82 Å². The van der Waals surface area contributed by atoms with Crippen LogP contribution in [0.3, 0.4) is 0 Å². The molecule has 2 aromatic rings. The molecule has 132 valence electrons. The van der Waals surface area contributed by atoms with Crippen LogP contribution in [0.1, 0.15) is 35.6 Å². The maximum absolute atomic E-state index is 12.8. The first-order valence-corrected chi connectivity index (χ1v) is 8.05. The third-order valence-electron chi connectivity index (χ3n) is 4.12. The number of carbonyl (C=O) groups excluding carboxylic acids is 1. The second kappa shape index (κ2) is 7.38. The molecule has 0 saturated carbocycles. The van der Waals surface area contributed by atoms with Crippen molar-refractivity contribution in [2.24, 2.45) is 0 Å². The summed E-state index contributed by atoms with van der Waals surface area (Å²) in [5, 5.41) is 9.27. The molecule has 6 nitrogen and oxygen atoms in total. The molecule has 1 N–H and O–H groups in total. The Labute approximate surface area is 143 Å². The van der Waals surface area contributed by atoms with Gasteiger partial charge in [-0.1, -0.05) is 0 Å². The quantitative estimate of drug-likeness (QED) is 0.899. The molecular formula is C18H18FNO5. The second-order valence-electron chi connectivity index (χ2n) is 5.86. The van der Waals surface area contributed by atoms with Crippen molar-refractivity contribution in [3.05, 3.63) is 53.7 Å². The topological polar surface area (TPSA) is 80.0 Å². The Hall–Kier alpha value is -2.83. The Kier molecular flexibility index (Phi) is 5.02. The molecule has 1 aliphatic rings. The minimum atomic E-state index is -1.00. The molecule has 1 aromatic carbocycles. The lowest BCUT2D eigenvalue weighted by molar-refractivity contribution is -0.143. The minimum Gasteiger partial charge on any atom is -0.486 e. The van der Waals surface area contributed by atoms with Gasteiger partial charge in [0.2, 0.25) is 0 Å². The smallest absolute Gasteiger partial charge is 0.326 e. The van der Waals surface area contributed by atoms with Gasteiger partial charge in [0.05, 0.1) is 0 Å². The number of amides is 1. The van der Waals surface area contributed by atoms with E-state index in [1.165, 1.54) is 35.2 Å². The maximum atomic E-state index is 12.8. The van der Waals surface area contributed by atoms with E-state index in [4.69, 9.17) is 9.15 Å². The van der Waals surface area contributed by atoms with Crippen LogP contribution in [0.2, 0.25) is 0 Å². The Morgan fingerprint density at radius 3 is 2.68 bits per heavy atom. The number of ether oxygens (including phenoxy) is 1. The predicted octanol–water partition coefficient (Wildman–Crippen LogP) is 3.08. The molecule has 1 atom stereocenters. The van der Waals surface area contributed by atoms with Gasteiger partial charge in [0.15, 0.2) is 5.76 Å². The fraction of sp³-hybridized carbons (Fsp3) is 0.333. The molecule has 1 amide bonds. The van der Waals surface area contributed by atoms with Crippen molar-refractivity contribution in [3.8, 4) is 5.75 Å². The highest BCUT2D eigenvalue weighted by atomic mass is 19.1. The van der Waals surface area contributed by atoms with Gasteiger partial charge in [-0.25, -0.2) is 9.18 Å². The van der Waals surface area contributed by atoms with Gasteiger partial charge >= 0.3 is 5.97 Å². The molecule has 0 radical (unpaired) electrons. The number of benzene rings is 1. The van der Waals surface area contributed by atoms with Crippen molar-refractivity contribution in [1.82, 2.24) is 4.90 Å². The summed E-state index contributed by atoms with van der Waals surface area (Å²) in [5.41, 5.74) is 0. The summed E-state index contributed by atoms with van der Waals surface area (Å²) in [6.45, 7) is 0.485. The maximum Gasteiger partial charge on any atom is 0.326 e. The number of furan rings is 1. The zero-order valence-corrected chi connectivity index (χ0v) is 13.5. The fourth-order valence-corrected chi connectivity index (χ4v) is 2.83. The zero-order valence-electron chi connectivity index (χ0n) is 13.5. The first-order valence-electron chi connectivity index (χ1n) is 8.05. The van der Waals surface area contributed by atoms with Crippen LogP contribution in [0.25, 0.3) is 0 Å². The van der Waals surface area contributed by atoms with Crippen molar-refractivity contribution >= 4 is 11.9 Å². The van der Waals surface area contributed by atoms with Crippen LogP contribution in [-0.4, -0.2) is 34.5 Å². The number of hydrogen-bond donors (Lipinski definition) is 1. The molecule has 1 fully saturated rings. The van der Waals surface area contributed by atoms with Crippen molar-refractivity contribution in [3.63, 3.8) is 0 Å². The molecule has 2 heterocycles. The number of carboxylic acids is 1. The highest BCUT2D eigenvalue weighted by Gasteiger charge is 2.33. The monoisotopic (exact) mass is 347 g/mol. The van der Waals surface area contributed by atoms with E-state index in [2.05, 4.69) is 0 Å². The lowest BCUT2D eigenvalue weighted by atomic mass is 10.0. The largest absolute Gasteiger partial charge is 0.486 e. The standard InChI is InChI=1S/C18H18FNO5/c19-12-4-6-13(7-5-12)24-11-14-8-9-16(25-14)17(21)20-10-2-1-3-15(20)18(22)23/h4-9,15H,1-3,10-11H2,(H,22,23). The lowest BCUT2D eigenvalue weighted by Crippen LogP contribution is -2.47. The van der Waals surface area contributed by atoms with E-state index in [1.54, 1.807) is 6.07 Å². The van der Waals surface area contributed by atoms with Crippen LogP contribution in [0.15, 0.2) is 40.8 Å². The molecule has 1 unspecified atom stereocenters. The average molecular weight is 347 g/mol. The van der Waals surface area contributed by atoms with Crippen molar-refractivity contribution in [2.75, 3.05) is 6.54 Å². The number of carbonyl (C=O) groups is 2. The van der Waals surface area contributed by atoms with Gasteiger partial charge in [0.25, 0.3) is 5.91 Å². The first kappa shape index (κ1) is 17.0. The normalized spacial score (nSPS) is 17.3. The Morgan fingerprint density at radius 1 is 1.20 bits per heavy atom. The molecule has 7 heteroatoms. The number of carboxylic acid groups (broad SMARTS) is 1. The van der Waals surface area contributed by atoms with E-state index in [0.29, 0.717) is 24.5 Å². The first-order chi connectivity index (χ1) is 12.0. The van der Waals surface area contributed by atoms with E-state index in [1.807, 2.05) is 0 Å². The van der Waals surface area contributed by atoms with Gasteiger partial charge in [0, 0.05) is 6.54 Å². The molecule has 1 aromatic heterocycles. The number of piperidine rings is 1. The van der Waals surface area contributed by atoms with Crippen LogP contribution >= 0.6 is 0 Å². The van der Waals surface area contributed by atoms with Crippen molar-refractivity contribution in [2.45, 2.75) is 31.9 Å². The number of aliphatic carboxylic acids is 1. The van der Waals surface area contributed by atoms with Crippen molar-refractivity contribution in [1.29, 1.82) is 0 Å². The van der Waals surface area contributed by atoms with E-state index >= 15 is 0 Å². The third kappa shape index (κ3) is 3.99. The van der Waals surface area contributed by atoms with Gasteiger partial charge in [0.1, 0.15) is 30.0 Å². The summed E-state index contributed by atoms with van der Waals surface area (Å²) in [5.74, 6) is -0.789. The van der Waals surface area contributed by atoms with Crippen LogP contribution in [-0.2, 0) is 11.4 Å². The SMILES string of the molecule is O=C(O)C1CCCCN1C(=O)c1ccc(COc2ccc(F)cc2)o1. The molecule has 0 aliphatic carbocycles. The minimum absolute atomic E-state index is 0.0846. The van der Waals surface area contributed by atoms with E-state index in [-0.39, 0.29) is 18.2 Å². The van der Waals surface area contributed by atoms with Gasteiger partial charge in [-0.05, 0) is 55.7 Å². The van der Waals surface area contributed by atoms with E-state index < -0.39 is 17.9 Å². The lowest BCUT2D eigenvalue weighted by Gasteiger charge is -2.32. The molecule has 0 bridgehead atoms. The summed E-state index contributed by atoms with van der Waals surface area (Å²) in [6.07, 6.45) is 2.01. The highest BCUT2D eigenvalue weighted by Crippen LogP contribution is 2.21. The predicted molar refractivity (Wildman–Crippen MR) is 85.8 cm³/mol. The molecule has 1 aliphatic heterocycles. The summed E-state index contributed by atoms with van der Waals surface area (Å²) in [7, 11) is 0. The number of nitrogens with zero attached hydrogens (tertiary/aromatic N) is 1. The number of halogens is 1.